The number of nitrogens with one attached hydrogen (secondary N) is 1. The van der Waals surface area contributed by atoms with E-state index < -0.39 is 5.82 Å². The van der Waals surface area contributed by atoms with Crippen molar-refractivity contribution in [2.45, 2.75) is 6.92 Å². The van der Waals surface area contributed by atoms with Gasteiger partial charge < -0.3 is 11.1 Å². The largest absolute Gasteiger partial charge is 0.399 e. The van der Waals surface area contributed by atoms with Crippen LogP contribution in [0.1, 0.15) is 5.56 Å². The minimum absolute atomic E-state index is 0.271. The van der Waals surface area contributed by atoms with E-state index in [0.29, 0.717) is 11.4 Å². The molecule has 0 unspecified atom stereocenters. The summed E-state index contributed by atoms with van der Waals surface area (Å²) in [4.78, 5) is 0. The maximum Gasteiger partial charge on any atom is 0.148 e. The van der Waals surface area contributed by atoms with E-state index in [0.717, 1.165) is 5.56 Å². The van der Waals surface area contributed by atoms with Crippen molar-refractivity contribution in [1.82, 2.24) is 0 Å². The van der Waals surface area contributed by atoms with Crippen LogP contribution in [0.3, 0.4) is 0 Å². The summed E-state index contributed by atoms with van der Waals surface area (Å²) in [5.74, 6) is -0.831. The second kappa shape index (κ2) is 4.41. The lowest BCUT2D eigenvalue weighted by Gasteiger charge is -2.10. The van der Waals surface area contributed by atoms with Gasteiger partial charge in [-0.25, -0.2) is 8.78 Å². The van der Waals surface area contributed by atoms with Crippen LogP contribution in [0.15, 0.2) is 36.4 Å². The van der Waals surface area contributed by atoms with Crippen molar-refractivity contribution in [3.05, 3.63) is 53.6 Å². The Hall–Kier alpha value is -2.10. The molecule has 88 valence electrons. The van der Waals surface area contributed by atoms with Crippen LogP contribution >= 0.6 is 0 Å². The van der Waals surface area contributed by atoms with Crippen molar-refractivity contribution in [3.8, 4) is 0 Å². The van der Waals surface area contributed by atoms with Gasteiger partial charge in [-0.2, -0.15) is 0 Å². The Morgan fingerprint density at radius 3 is 2.47 bits per heavy atom. The van der Waals surface area contributed by atoms with Gasteiger partial charge in [0.25, 0.3) is 0 Å². The van der Waals surface area contributed by atoms with Gasteiger partial charge in [-0.3, -0.25) is 0 Å². The smallest absolute Gasteiger partial charge is 0.148 e. The van der Waals surface area contributed by atoms with Gasteiger partial charge in [0.1, 0.15) is 11.6 Å². The Kier molecular flexibility index (Phi) is 2.95. The lowest BCUT2D eigenvalue weighted by molar-refractivity contribution is 0.626. The fourth-order valence-electron chi connectivity index (χ4n) is 1.51. The summed E-state index contributed by atoms with van der Waals surface area (Å²) in [5.41, 5.74) is 7.44. The molecule has 2 aromatic rings. The molecule has 0 aliphatic carbocycles. The molecule has 0 bridgehead atoms. The lowest BCUT2D eigenvalue weighted by atomic mass is 10.2. The van der Waals surface area contributed by atoms with E-state index in [1.165, 1.54) is 24.3 Å². The van der Waals surface area contributed by atoms with E-state index in [9.17, 15) is 8.78 Å². The van der Waals surface area contributed by atoms with Gasteiger partial charge in [0.05, 0.1) is 5.69 Å². The van der Waals surface area contributed by atoms with Gasteiger partial charge in [0, 0.05) is 11.4 Å². The Labute approximate surface area is 98.1 Å². The van der Waals surface area contributed by atoms with Gasteiger partial charge in [0.2, 0.25) is 0 Å². The average molecular weight is 234 g/mol. The number of rotatable bonds is 2. The van der Waals surface area contributed by atoms with Crippen molar-refractivity contribution in [1.29, 1.82) is 0 Å². The van der Waals surface area contributed by atoms with Gasteiger partial charge in [-0.1, -0.05) is 6.07 Å². The van der Waals surface area contributed by atoms with E-state index in [-0.39, 0.29) is 11.5 Å². The molecule has 0 saturated carbocycles. The lowest BCUT2D eigenvalue weighted by Crippen LogP contribution is -1.97. The fourth-order valence-corrected chi connectivity index (χ4v) is 1.51. The van der Waals surface area contributed by atoms with E-state index >= 15 is 0 Å². The fraction of sp³-hybridized carbons (Fsp3) is 0.0769. The highest BCUT2D eigenvalue weighted by Crippen LogP contribution is 2.24. The molecule has 0 saturated heterocycles. The molecule has 2 aromatic carbocycles. The summed E-state index contributed by atoms with van der Waals surface area (Å²) in [6, 6.07) is 8.64. The first kappa shape index (κ1) is 11.4. The Morgan fingerprint density at radius 1 is 1.00 bits per heavy atom. The number of aryl methyl sites for hydroxylation is 1. The number of hydrogen-bond donors (Lipinski definition) is 2. The van der Waals surface area contributed by atoms with Crippen LogP contribution in [0.4, 0.5) is 25.8 Å². The molecule has 0 aliphatic rings. The molecule has 0 spiro atoms. The summed E-state index contributed by atoms with van der Waals surface area (Å²) in [6.07, 6.45) is 0. The second-order valence-corrected chi connectivity index (χ2v) is 3.82. The molecular weight excluding hydrogens is 222 g/mol. The SMILES string of the molecule is Cc1ccc(F)cc1Nc1ccc(N)cc1F. The van der Waals surface area contributed by atoms with Crippen molar-refractivity contribution in [2.75, 3.05) is 11.1 Å². The van der Waals surface area contributed by atoms with E-state index in [2.05, 4.69) is 5.32 Å². The zero-order valence-corrected chi connectivity index (χ0v) is 9.30. The van der Waals surface area contributed by atoms with Crippen LogP contribution < -0.4 is 11.1 Å². The molecule has 4 heteroatoms. The quantitative estimate of drug-likeness (QED) is 0.779. The predicted molar refractivity (Wildman–Crippen MR) is 65.2 cm³/mol. The topological polar surface area (TPSA) is 38.0 Å². The number of halogens is 2. The highest BCUT2D eigenvalue weighted by atomic mass is 19.1. The molecule has 0 heterocycles. The molecule has 17 heavy (non-hydrogen) atoms. The van der Waals surface area contributed by atoms with Crippen LogP contribution in [0, 0.1) is 18.6 Å². The van der Waals surface area contributed by atoms with Gasteiger partial charge in [-0.05, 0) is 42.8 Å². The summed E-state index contributed by atoms with van der Waals surface area (Å²) in [5, 5.41) is 2.84. The minimum Gasteiger partial charge on any atom is -0.399 e. The molecule has 0 aromatic heterocycles. The summed E-state index contributed by atoms with van der Waals surface area (Å²) in [7, 11) is 0. The Balaban J connectivity index is 2.34. The summed E-state index contributed by atoms with van der Waals surface area (Å²) >= 11 is 0. The molecule has 0 fully saturated rings. The van der Waals surface area contributed by atoms with E-state index in [1.54, 1.807) is 12.1 Å². The molecule has 2 nitrogen and oxygen atoms in total. The molecular formula is C13H12F2N2. The number of benzene rings is 2. The Morgan fingerprint density at radius 2 is 1.76 bits per heavy atom. The maximum absolute atomic E-state index is 13.5. The summed E-state index contributed by atoms with van der Waals surface area (Å²) in [6.45, 7) is 1.82. The van der Waals surface area contributed by atoms with Crippen LogP contribution in [0.25, 0.3) is 0 Å². The minimum atomic E-state index is -0.464. The summed E-state index contributed by atoms with van der Waals surface area (Å²) < 4.78 is 26.6. The van der Waals surface area contributed by atoms with Crippen LogP contribution in [0.2, 0.25) is 0 Å². The second-order valence-electron chi connectivity index (χ2n) is 3.82. The van der Waals surface area contributed by atoms with Crippen molar-refractivity contribution in [2.24, 2.45) is 0 Å². The monoisotopic (exact) mass is 234 g/mol. The van der Waals surface area contributed by atoms with Crippen LogP contribution in [-0.2, 0) is 0 Å². The van der Waals surface area contributed by atoms with E-state index in [4.69, 9.17) is 5.73 Å². The number of nitrogens with two attached hydrogens (primary N) is 1. The molecule has 0 radical (unpaired) electrons. The zero-order chi connectivity index (χ0) is 12.4. The highest BCUT2D eigenvalue weighted by Gasteiger charge is 2.05. The number of nitrogen functional groups attached to an aromatic ring is 1. The molecule has 0 aliphatic heterocycles. The Bertz CT molecular complexity index is 553. The number of anilines is 3. The zero-order valence-electron chi connectivity index (χ0n) is 9.30. The first-order valence-corrected chi connectivity index (χ1v) is 5.14. The standard InChI is InChI=1S/C13H12F2N2/c1-8-2-3-9(14)6-13(8)17-12-5-4-10(16)7-11(12)15/h2-7,17H,16H2,1H3. The van der Waals surface area contributed by atoms with Crippen LogP contribution in [0.5, 0.6) is 0 Å². The van der Waals surface area contributed by atoms with Gasteiger partial charge in [-0.15, -0.1) is 0 Å². The molecule has 0 atom stereocenters. The normalized spacial score (nSPS) is 10.3. The third-order valence-electron chi connectivity index (χ3n) is 2.46. The highest BCUT2D eigenvalue weighted by molar-refractivity contribution is 5.65. The van der Waals surface area contributed by atoms with Crippen molar-refractivity contribution in [3.63, 3.8) is 0 Å². The molecule has 2 rings (SSSR count). The third-order valence-corrected chi connectivity index (χ3v) is 2.46. The van der Waals surface area contributed by atoms with E-state index in [1.807, 2.05) is 6.92 Å². The maximum atomic E-state index is 13.5. The number of hydrogen-bond acceptors (Lipinski definition) is 2. The first-order chi connectivity index (χ1) is 8.06. The molecule has 3 N–H and O–H groups in total. The van der Waals surface area contributed by atoms with Crippen LogP contribution in [-0.4, -0.2) is 0 Å². The van der Waals surface area contributed by atoms with Crippen molar-refractivity contribution < 1.29 is 8.78 Å². The van der Waals surface area contributed by atoms with Gasteiger partial charge in [0.15, 0.2) is 0 Å². The molecule has 0 amide bonds. The predicted octanol–water partition coefficient (Wildman–Crippen LogP) is 3.60. The average Bonchev–Trinajstić information content (AvgIpc) is 2.27. The van der Waals surface area contributed by atoms with Gasteiger partial charge >= 0.3 is 0 Å². The van der Waals surface area contributed by atoms with Crippen molar-refractivity contribution >= 4 is 17.1 Å². The first-order valence-electron chi connectivity index (χ1n) is 5.14. The third kappa shape index (κ3) is 2.53.